The standard InChI is InChI=1S/C24H26N4O2/c1-19-11-8-9-16-22(19)27-24(30)28(21-14-6-3-7-15-21)18-10-17-25-23(29)26-20-12-4-2-5-13-20/h2-9,11-16H,10,17-18H2,1H3,(H,27,30)(H2,25,26,29). The van der Waals surface area contributed by atoms with Crippen LogP contribution < -0.4 is 20.9 Å². The highest BCUT2D eigenvalue weighted by molar-refractivity contribution is 6.02. The van der Waals surface area contributed by atoms with E-state index in [-0.39, 0.29) is 12.1 Å². The molecule has 0 aliphatic heterocycles. The zero-order valence-electron chi connectivity index (χ0n) is 17.0. The van der Waals surface area contributed by atoms with Gasteiger partial charge in [0.15, 0.2) is 0 Å². The van der Waals surface area contributed by atoms with Crippen molar-refractivity contribution in [2.75, 3.05) is 28.6 Å². The minimum Gasteiger partial charge on any atom is -0.338 e. The molecule has 0 bridgehead atoms. The van der Waals surface area contributed by atoms with Gasteiger partial charge in [-0.25, -0.2) is 9.59 Å². The number of rotatable bonds is 7. The zero-order chi connectivity index (χ0) is 21.2. The summed E-state index contributed by atoms with van der Waals surface area (Å²) in [5.74, 6) is 0. The Hall–Kier alpha value is -3.80. The molecule has 30 heavy (non-hydrogen) atoms. The van der Waals surface area contributed by atoms with Crippen LogP contribution >= 0.6 is 0 Å². The first-order valence-electron chi connectivity index (χ1n) is 9.92. The SMILES string of the molecule is Cc1ccccc1NC(=O)N(CCCNC(=O)Nc1ccccc1)c1ccccc1. The lowest BCUT2D eigenvalue weighted by Crippen LogP contribution is -2.38. The number of carbonyl (C=O) groups is 2. The van der Waals surface area contributed by atoms with E-state index in [1.807, 2.05) is 91.9 Å². The van der Waals surface area contributed by atoms with Gasteiger partial charge >= 0.3 is 12.1 Å². The summed E-state index contributed by atoms with van der Waals surface area (Å²) in [5.41, 5.74) is 3.32. The number of amides is 4. The fourth-order valence-electron chi connectivity index (χ4n) is 2.99. The molecule has 4 amide bonds. The molecule has 0 unspecified atom stereocenters. The van der Waals surface area contributed by atoms with Crippen molar-refractivity contribution in [1.82, 2.24) is 5.32 Å². The summed E-state index contributed by atoms with van der Waals surface area (Å²) in [4.78, 5) is 26.7. The van der Waals surface area contributed by atoms with E-state index in [1.54, 1.807) is 4.90 Å². The molecule has 0 aliphatic carbocycles. The first kappa shape index (κ1) is 20.9. The third-order valence-electron chi connectivity index (χ3n) is 4.58. The minimum absolute atomic E-state index is 0.204. The third-order valence-corrected chi connectivity index (χ3v) is 4.58. The molecule has 0 heterocycles. The molecule has 6 heteroatoms. The molecular formula is C24H26N4O2. The van der Waals surface area contributed by atoms with Gasteiger partial charge in [-0.2, -0.15) is 0 Å². The molecule has 3 aromatic carbocycles. The largest absolute Gasteiger partial charge is 0.338 e. The lowest BCUT2D eigenvalue weighted by atomic mass is 10.2. The predicted molar refractivity (Wildman–Crippen MR) is 122 cm³/mol. The van der Waals surface area contributed by atoms with E-state index in [0.717, 1.165) is 22.6 Å². The summed E-state index contributed by atoms with van der Waals surface area (Å²) >= 11 is 0. The third kappa shape index (κ3) is 6.10. The van der Waals surface area contributed by atoms with E-state index in [9.17, 15) is 9.59 Å². The number of benzene rings is 3. The molecule has 6 nitrogen and oxygen atoms in total. The Morgan fingerprint density at radius 1 is 0.800 bits per heavy atom. The first-order valence-corrected chi connectivity index (χ1v) is 9.92. The van der Waals surface area contributed by atoms with Gasteiger partial charge < -0.3 is 16.0 Å². The summed E-state index contributed by atoms with van der Waals surface area (Å²) in [5, 5.41) is 8.59. The molecule has 0 spiro atoms. The van der Waals surface area contributed by atoms with Crippen LogP contribution in [0, 0.1) is 6.92 Å². The Morgan fingerprint density at radius 2 is 1.43 bits per heavy atom. The van der Waals surface area contributed by atoms with Crippen LogP contribution in [0.4, 0.5) is 26.7 Å². The molecule has 154 valence electrons. The number of anilines is 3. The van der Waals surface area contributed by atoms with E-state index in [2.05, 4.69) is 16.0 Å². The number of para-hydroxylation sites is 3. The summed E-state index contributed by atoms with van der Waals surface area (Å²) in [6, 6.07) is 26.0. The molecule has 0 fully saturated rings. The predicted octanol–water partition coefficient (Wildman–Crippen LogP) is 5.25. The molecule has 3 N–H and O–H groups in total. The van der Waals surface area contributed by atoms with Crippen LogP contribution in [0.15, 0.2) is 84.9 Å². The van der Waals surface area contributed by atoms with E-state index >= 15 is 0 Å². The van der Waals surface area contributed by atoms with Crippen molar-refractivity contribution in [2.24, 2.45) is 0 Å². The molecule has 0 aromatic heterocycles. The zero-order valence-corrected chi connectivity index (χ0v) is 17.0. The van der Waals surface area contributed by atoms with Crippen LogP contribution in [0.1, 0.15) is 12.0 Å². The van der Waals surface area contributed by atoms with Crippen LogP contribution in [0.3, 0.4) is 0 Å². The molecule has 3 aromatic rings. The molecule has 0 radical (unpaired) electrons. The van der Waals surface area contributed by atoms with Gasteiger partial charge in [0.1, 0.15) is 0 Å². The van der Waals surface area contributed by atoms with Gasteiger partial charge in [-0.15, -0.1) is 0 Å². The van der Waals surface area contributed by atoms with Crippen molar-refractivity contribution >= 4 is 29.1 Å². The maximum Gasteiger partial charge on any atom is 0.326 e. The Bertz CT molecular complexity index is 961. The van der Waals surface area contributed by atoms with Gasteiger partial charge in [-0.05, 0) is 49.2 Å². The number of nitrogens with zero attached hydrogens (tertiary/aromatic N) is 1. The number of aryl methyl sites for hydroxylation is 1. The van der Waals surface area contributed by atoms with E-state index in [4.69, 9.17) is 0 Å². The van der Waals surface area contributed by atoms with E-state index in [0.29, 0.717) is 19.5 Å². The Balaban J connectivity index is 1.56. The Morgan fingerprint density at radius 3 is 2.13 bits per heavy atom. The summed E-state index contributed by atoms with van der Waals surface area (Å²) < 4.78 is 0. The van der Waals surface area contributed by atoms with Gasteiger partial charge in [0.05, 0.1) is 0 Å². The number of nitrogens with one attached hydrogen (secondary N) is 3. The van der Waals surface area contributed by atoms with Gasteiger partial charge in [-0.1, -0.05) is 54.6 Å². The Labute approximate surface area is 176 Å². The van der Waals surface area contributed by atoms with Crippen molar-refractivity contribution < 1.29 is 9.59 Å². The van der Waals surface area contributed by atoms with Crippen LogP contribution in [0.25, 0.3) is 0 Å². The quantitative estimate of drug-likeness (QED) is 0.473. The van der Waals surface area contributed by atoms with Gasteiger partial charge in [0.25, 0.3) is 0 Å². The fraction of sp³-hybridized carbons (Fsp3) is 0.167. The maximum absolute atomic E-state index is 12.9. The highest BCUT2D eigenvalue weighted by Gasteiger charge is 2.16. The van der Waals surface area contributed by atoms with E-state index < -0.39 is 0 Å². The second-order valence-corrected chi connectivity index (χ2v) is 6.83. The summed E-state index contributed by atoms with van der Waals surface area (Å²) in [6.07, 6.45) is 0.609. The normalized spacial score (nSPS) is 10.2. The molecule has 0 aliphatic rings. The van der Waals surface area contributed by atoms with Gasteiger partial charge in [0, 0.05) is 30.2 Å². The fourth-order valence-corrected chi connectivity index (χ4v) is 2.99. The molecule has 0 saturated heterocycles. The lowest BCUT2D eigenvalue weighted by Gasteiger charge is -2.24. The van der Waals surface area contributed by atoms with Crippen molar-refractivity contribution in [1.29, 1.82) is 0 Å². The van der Waals surface area contributed by atoms with E-state index in [1.165, 1.54) is 0 Å². The second kappa shape index (κ2) is 10.7. The average molecular weight is 402 g/mol. The highest BCUT2D eigenvalue weighted by Crippen LogP contribution is 2.18. The summed E-state index contributed by atoms with van der Waals surface area (Å²) in [7, 11) is 0. The van der Waals surface area contributed by atoms with Gasteiger partial charge in [0.2, 0.25) is 0 Å². The average Bonchev–Trinajstić information content (AvgIpc) is 2.76. The van der Waals surface area contributed by atoms with Crippen LogP contribution in [0.5, 0.6) is 0 Å². The minimum atomic E-state index is -0.267. The number of hydrogen-bond donors (Lipinski definition) is 3. The second-order valence-electron chi connectivity index (χ2n) is 6.83. The van der Waals surface area contributed by atoms with Gasteiger partial charge in [-0.3, -0.25) is 4.90 Å². The van der Waals surface area contributed by atoms with Crippen LogP contribution in [-0.2, 0) is 0 Å². The first-order chi connectivity index (χ1) is 14.6. The van der Waals surface area contributed by atoms with Crippen molar-refractivity contribution in [3.05, 3.63) is 90.5 Å². The number of carbonyl (C=O) groups excluding carboxylic acids is 2. The van der Waals surface area contributed by atoms with Crippen molar-refractivity contribution in [2.45, 2.75) is 13.3 Å². The molecule has 0 saturated carbocycles. The smallest absolute Gasteiger partial charge is 0.326 e. The number of hydrogen-bond acceptors (Lipinski definition) is 2. The Kier molecular flexibility index (Phi) is 7.44. The molecule has 0 atom stereocenters. The summed E-state index contributed by atoms with van der Waals surface area (Å²) in [6.45, 7) is 2.87. The van der Waals surface area contributed by atoms with Crippen LogP contribution in [0.2, 0.25) is 0 Å². The maximum atomic E-state index is 12.9. The molecule has 3 rings (SSSR count). The van der Waals surface area contributed by atoms with Crippen molar-refractivity contribution in [3.8, 4) is 0 Å². The van der Waals surface area contributed by atoms with Crippen LogP contribution in [-0.4, -0.2) is 25.2 Å². The lowest BCUT2D eigenvalue weighted by molar-refractivity contribution is 0.252. The monoisotopic (exact) mass is 402 g/mol. The number of urea groups is 2. The topological polar surface area (TPSA) is 73.5 Å². The van der Waals surface area contributed by atoms with Crippen molar-refractivity contribution in [3.63, 3.8) is 0 Å². The highest BCUT2D eigenvalue weighted by atomic mass is 16.2. The molecular weight excluding hydrogens is 376 g/mol.